The Bertz CT molecular complexity index is 851. The summed E-state index contributed by atoms with van der Waals surface area (Å²) in [5.74, 6) is 0.683. The molecule has 0 unspecified atom stereocenters. The summed E-state index contributed by atoms with van der Waals surface area (Å²) in [6.07, 6.45) is 0. The highest BCUT2D eigenvalue weighted by Gasteiger charge is 2.35. The molecule has 138 valence electrons. The molecule has 9 nitrogen and oxygen atoms in total. The molecule has 1 aromatic heterocycles. The Balaban J connectivity index is 2.03. The van der Waals surface area contributed by atoms with Crippen LogP contribution in [-0.4, -0.2) is 53.6 Å². The van der Waals surface area contributed by atoms with Crippen molar-refractivity contribution in [2.75, 3.05) is 32.8 Å². The van der Waals surface area contributed by atoms with Gasteiger partial charge in [-0.05, 0) is 51.0 Å². The van der Waals surface area contributed by atoms with E-state index in [9.17, 15) is 4.79 Å². The number of halogens is 1. The van der Waals surface area contributed by atoms with Crippen molar-refractivity contribution in [1.29, 1.82) is 0 Å². The number of nitrogens with one attached hydrogen (secondary N) is 1. The van der Waals surface area contributed by atoms with Gasteiger partial charge in [0.05, 0.1) is 23.8 Å². The molecule has 1 aromatic carbocycles. The van der Waals surface area contributed by atoms with Crippen molar-refractivity contribution in [3.8, 4) is 5.75 Å². The number of esters is 1. The molecule has 0 saturated carbocycles. The zero-order valence-corrected chi connectivity index (χ0v) is 16.1. The van der Waals surface area contributed by atoms with Crippen LogP contribution in [0.15, 0.2) is 33.9 Å². The van der Waals surface area contributed by atoms with E-state index in [1.54, 1.807) is 25.8 Å². The van der Waals surface area contributed by atoms with E-state index in [0.29, 0.717) is 29.6 Å². The molecule has 10 heteroatoms. The van der Waals surface area contributed by atoms with Crippen molar-refractivity contribution >= 4 is 27.8 Å². The zero-order valence-electron chi connectivity index (χ0n) is 14.5. The van der Waals surface area contributed by atoms with E-state index in [0.717, 1.165) is 10.0 Å². The third-order valence-corrected chi connectivity index (χ3v) is 4.57. The first-order valence-electron chi connectivity index (χ1n) is 7.82. The number of hydrogen-bond acceptors (Lipinski definition) is 8. The van der Waals surface area contributed by atoms with E-state index in [1.165, 1.54) is 0 Å². The minimum atomic E-state index is -0.529. The normalized spacial score (nSPS) is 16.1. The number of tetrazole rings is 1. The minimum absolute atomic E-state index is 0.160. The monoisotopic (exact) mass is 423 g/mol. The summed E-state index contributed by atoms with van der Waals surface area (Å²) >= 11 is 3.48. The molecule has 2 aromatic rings. The van der Waals surface area contributed by atoms with Crippen LogP contribution in [0, 0.1) is 0 Å². The molecule has 2 heterocycles. The molecule has 1 aliphatic rings. The molecule has 0 spiro atoms. The second-order valence-electron chi connectivity index (χ2n) is 5.54. The summed E-state index contributed by atoms with van der Waals surface area (Å²) < 4.78 is 17.9. The standard InChI is InChI=1S/C16H18BrN5O4/c1-9-13(15(23)26-7-6-24-2)14(22-16(18-9)19-20-21-22)10-4-5-12(25-3)11(17)8-10/h4-5,8,14H,6-7H2,1-3H3,(H,18,19,21)/t14-/m1/s1. The highest BCUT2D eigenvalue weighted by atomic mass is 79.9. The topological polar surface area (TPSA) is 100 Å². The molecule has 3 rings (SSSR count). The number of methoxy groups -OCH3 is 2. The SMILES string of the molecule is COCCOC(=O)C1=C(C)Nc2nnnn2[C@@H]1c1ccc(OC)c(Br)c1. The Morgan fingerprint density at radius 2 is 2.15 bits per heavy atom. The molecule has 0 fully saturated rings. The van der Waals surface area contributed by atoms with E-state index < -0.39 is 12.0 Å². The molecule has 0 radical (unpaired) electrons. The number of carbonyl (C=O) groups is 1. The number of hydrogen-bond donors (Lipinski definition) is 1. The van der Waals surface area contributed by atoms with Gasteiger partial charge in [0, 0.05) is 12.8 Å². The third-order valence-electron chi connectivity index (χ3n) is 3.95. The molecule has 1 N–H and O–H groups in total. The minimum Gasteiger partial charge on any atom is -0.496 e. The quantitative estimate of drug-likeness (QED) is 0.555. The molecular weight excluding hydrogens is 406 g/mol. The molecule has 0 aliphatic carbocycles. The van der Waals surface area contributed by atoms with Gasteiger partial charge in [0.15, 0.2) is 0 Å². The van der Waals surface area contributed by atoms with Crippen molar-refractivity contribution < 1.29 is 19.0 Å². The Labute approximate surface area is 158 Å². The number of rotatable bonds is 6. The lowest BCUT2D eigenvalue weighted by atomic mass is 9.96. The number of nitrogens with zero attached hydrogens (tertiary/aromatic N) is 4. The van der Waals surface area contributed by atoms with E-state index >= 15 is 0 Å². The lowest BCUT2D eigenvalue weighted by Crippen LogP contribution is -2.30. The van der Waals surface area contributed by atoms with Crippen LogP contribution >= 0.6 is 15.9 Å². The molecule has 26 heavy (non-hydrogen) atoms. The van der Waals surface area contributed by atoms with Crippen molar-refractivity contribution in [1.82, 2.24) is 20.2 Å². The van der Waals surface area contributed by atoms with Crippen LogP contribution < -0.4 is 10.1 Å². The Kier molecular flexibility index (Phi) is 5.52. The van der Waals surface area contributed by atoms with Gasteiger partial charge < -0.3 is 19.5 Å². The Morgan fingerprint density at radius 3 is 2.85 bits per heavy atom. The molecule has 1 atom stereocenters. The molecule has 0 amide bonds. The van der Waals surface area contributed by atoms with Crippen LogP contribution in [0.25, 0.3) is 0 Å². The van der Waals surface area contributed by atoms with Crippen LogP contribution in [0.3, 0.4) is 0 Å². The number of allylic oxidation sites excluding steroid dienone is 1. The summed E-state index contributed by atoms with van der Waals surface area (Å²) in [5, 5.41) is 14.7. The first-order chi connectivity index (χ1) is 12.6. The average Bonchev–Trinajstić information content (AvgIpc) is 3.08. The van der Waals surface area contributed by atoms with Crippen molar-refractivity contribution in [3.63, 3.8) is 0 Å². The summed E-state index contributed by atoms with van der Waals surface area (Å²) in [7, 11) is 3.14. The van der Waals surface area contributed by atoms with Gasteiger partial charge in [-0.1, -0.05) is 11.2 Å². The second kappa shape index (κ2) is 7.83. The Hall–Kier alpha value is -2.46. The van der Waals surface area contributed by atoms with E-state index in [-0.39, 0.29) is 6.61 Å². The fourth-order valence-electron chi connectivity index (χ4n) is 2.73. The second-order valence-corrected chi connectivity index (χ2v) is 6.39. The highest BCUT2D eigenvalue weighted by molar-refractivity contribution is 9.10. The summed E-state index contributed by atoms with van der Waals surface area (Å²) in [6, 6.07) is 5.02. The van der Waals surface area contributed by atoms with Crippen LogP contribution in [0.1, 0.15) is 18.5 Å². The number of carbonyl (C=O) groups excluding carboxylic acids is 1. The van der Waals surface area contributed by atoms with Gasteiger partial charge >= 0.3 is 5.97 Å². The molecule has 0 bridgehead atoms. The van der Waals surface area contributed by atoms with Gasteiger partial charge in [0.1, 0.15) is 18.4 Å². The van der Waals surface area contributed by atoms with Crippen LogP contribution in [-0.2, 0) is 14.3 Å². The number of anilines is 1. The van der Waals surface area contributed by atoms with Gasteiger partial charge in [0.2, 0.25) is 5.95 Å². The largest absolute Gasteiger partial charge is 0.496 e. The van der Waals surface area contributed by atoms with Crippen LogP contribution in [0.4, 0.5) is 5.95 Å². The number of aromatic nitrogens is 4. The summed E-state index contributed by atoms with van der Waals surface area (Å²) in [6.45, 7) is 2.27. The predicted octanol–water partition coefficient (Wildman–Crippen LogP) is 1.92. The maximum absolute atomic E-state index is 12.7. The fraction of sp³-hybridized carbons (Fsp3) is 0.375. The van der Waals surface area contributed by atoms with Crippen LogP contribution in [0.2, 0.25) is 0 Å². The van der Waals surface area contributed by atoms with Gasteiger partial charge in [-0.2, -0.15) is 4.68 Å². The van der Waals surface area contributed by atoms with Crippen molar-refractivity contribution in [2.45, 2.75) is 13.0 Å². The fourth-order valence-corrected chi connectivity index (χ4v) is 3.29. The van der Waals surface area contributed by atoms with E-state index in [1.807, 2.05) is 18.2 Å². The predicted molar refractivity (Wildman–Crippen MR) is 95.8 cm³/mol. The summed E-state index contributed by atoms with van der Waals surface area (Å²) in [5.41, 5.74) is 1.87. The maximum atomic E-state index is 12.7. The number of ether oxygens (including phenoxy) is 3. The van der Waals surface area contributed by atoms with Crippen LogP contribution in [0.5, 0.6) is 5.75 Å². The average molecular weight is 424 g/mol. The van der Waals surface area contributed by atoms with E-state index in [2.05, 4.69) is 36.8 Å². The molecular formula is C16H18BrN5O4. The number of fused-ring (bicyclic) bond motifs is 1. The molecule has 1 aliphatic heterocycles. The first kappa shape index (κ1) is 18.3. The van der Waals surface area contributed by atoms with E-state index in [4.69, 9.17) is 14.2 Å². The van der Waals surface area contributed by atoms with Crippen molar-refractivity contribution in [3.05, 3.63) is 39.5 Å². The van der Waals surface area contributed by atoms with Crippen molar-refractivity contribution in [2.24, 2.45) is 0 Å². The number of benzene rings is 1. The molecule has 0 saturated heterocycles. The smallest absolute Gasteiger partial charge is 0.338 e. The lowest BCUT2D eigenvalue weighted by molar-refractivity contribution is -0.140. The first-order valence-corrected chi connectivity index (χ1v) is 8.61. The lowest BCUT2D eigenvalue weighted by Gasteiger charge is -2.27. The summed E-state index contributed by atoms with van der Waals surface area (Å²) in [4.78, 5) is 12.7. The van der Waals surface area contributed by atoms with Gasteiger partial charge in [-0.15, -0.1) is 0 Å². The third kappa shape index (κ3) is 3.42. The van der Waals surface area contributed by atoms with Gasteiger partial charge in [0.25, 0.3) is 0 Å². The zero-order chi connectivity index (χ0) is 18.7. The van der Waals surface area contributed by atoms with Gasteiger partial charge in [-0.3, -0.25) is 0 Å². The maximum Gasteiger partial charge on any atom is 0.338 e. The van der Waals surface area contributed by atoms with Gasteiger partial charge in [-0.25, -0.2) is 4.79 Å². The highest BCUT2D eigenvalue weighted by Crippen LogP contribution is 2.37. The Morgan fingerprint density at radius 1 is 1.35 bits per heavy atom.